The topological polar surface area (TPSA) is 58.4 Å². The summed E-state index contributed by atoms with van der Waals surface area (Å²) in [6.45, 7) is 8.41. The lowest BCUT2D eigenvalue weighted by molar-refractivity contribution is 0.202. The van der Waals surface area contributed by atoms with Crippen molar-refractivity contribution in [1.29, 1.82) is 0 Å². The van der Waals surface area contributed by atoms with Crippen molar-refractivity contribution in [3.63, 3.8) is 0 Å². The molecule has 173 valence electrons. The average molecular weight is 451 g/mol. The third-order valence-electron chi connectivity index (χ3n) is 6.93. The smallest absolute Gasteiger partial charge is 0.155 e. The van der Waals surface area contributed by atoms with Crippen LogP contribution in [-0.2, 0) is 6.54 Å². The van der Waals surface area contributed by atoms with E-state index in [9.17, 15) is 0 Å². The van der Waals surface area contributed by atoms with Crippen LogP contribution in [0.1, 0.15) is 48.4 Å². The fraction of sp³-hybridized carbons (Fsp3) is 0.370. The van der Waals surface area contributed by atoms with Crippen LogP contribution >= 0.6 is 0 Å². The second-order valence-corrected chi connectivity index (χ2v) is 9.29. The Morgan fingerprint density at radius 3 is 2.65 bits per heavy atom. The third kappa shape index (κ3) is 4.99. The van der Waals surface area contributed by atoms with Crippen molar-refractivity contribution in [1.82, 2.24) is 24.5 Å². The predicted octanol–water partition coefficient (Wildman–Crippen LogP) is 4.10. The number of fused-ring (bicyclic) bond motifs is 1. The molecular weight excluding hydrogens is 419 g/mol. The van der Waals surface area contributed by atoms with E-state index in [0.717, 1.165) is 55.0 Å². The maximum atomic E-state index is 5.08. The summed E-state index contributed by atoms with van der Waals surface area (Å²) in [5.41, 5.74) is 5.73. The van der Waals surface area contributed by atoms with Crippen LogP contribution in [-0.4, -0.2) is 51.4 Å². The van der Waals surface area contributed by atoms with E-state index in [0.29, 0.717) is 18.4 Å². The Bertz CT molecular complexity index is 1200. The number of nitrogens with one attached hydrogen (secondary N) is 1. The molecule has 5 rings (SSSR count). The molecule has 1 aliphatic rings. The highest BCUT2D eigenvalue weighted by Gasteiger charge is 2.24. The van der Waals surface area contributed by atoms with Crippen LogP contribution in [0, 0.1) is 0 Å². The zero-order chi connectivity index (χ0) is 23.3. The minimum atomic E-state index is 0.465. The standard InChI is InChI=1S/C27H32BN6/c1-20(22-8-4-3-5-9-22)19-33-13-10-23(11-14-33)25-15-26(30-17-21-7-6-12-29-16-21)34-27(32-25)24(28-2)18-31-34/h3-9,12,15-16,18,20,23,30H,10-11,13-14,17,19H2,1-2H3. The molecule has 7 heteroatoms. The second kappa shape index (κ2) is 10.4. The van der Waals surface area contributed by atoms with Gasteiger partial charge in [-0.25, -0.2) is 4.98 Å². The van der Waals surface area contributed by atoms with Crippen LogP contribution in [0.25, 0.3) is 5.65 Å². The van der Waals surface area contributed by atoms with Gasteiger partial charge in [0.2, 0.25) is 0 Å². The second-order valence-electron chi connectivity index (χ2n) is 9.29. The van der Waals surface area contributed by atoms with Gasteiger partial charge in [0.05, 0.1) is 0 Å². The highest BCUT2D eigenvalue weighted by atomic mass is 15.3. The molecular formula is C27H32BN6. The van der Waals surface area contributed by atoms with Gasteiger partial charge in [0, 0.05) is 49.4 Å². The van der Waals surface area contributed by atoms with Crippen molar-refractivity contribution in [3.8, 4) is 0 Å². The molecule has 1 aromatic carbocycles. The molecule has 0 saturated carbocycles. The monoisotopic (exact) mass is 451 g/mol. The van der Waals surface area contributed by atoms with Crippen molar-refractivity contribution in [2.75, 3.05) is 25.0 Å². The van der Waals surface area contributed by atoms with E-state index in [4.69, 9.17) is 4.98 Å². The molecule has 4 aromatic rings. The average Bonchev–Trinajstić information content (AvgIpc) is 3.32. The fourth-order valence-electron chi connectivity index (χ4n) is 4.92. The molecule has 0 aliphatic carbocycles. The fourth-order valence-corrected chi connectivity index (χ4v) is 4.92. The molecule has 6 nitrogen and oxygen atoms in total. The van der Waals surface area contributed by atoms with Gasteiger partial charge in [-0.2, -0.15) is 9.61 Å². The summed E-state index contributed by atoms with van der Waals surface area (Å²) >= 11 is 0. The van der Waals surface area contributed by atoms with Crippen molar-refractivity contribution < 1.29 is 0 Å². The largest absolute Gasteiger partial charge is 0.366 e. The van der Waals surface area contributed by atoms with Crippen LogP contribution in [0.4, 0.5) is 5.82 Å². The molecule has 1 unspecified atom stereocenters. The Morgan fingerprint density at radius 2 is 1.91 bits per heavy atom. The molecule has 1 saturated heterocycles. The quantitative estimate of drug-likeness (QED) is 0.409. The first-order valence-corrected chi connectivity index (χ1v) is 12.3. The van der Waals surface area contributed by atoms with Gasteiger partial charge in [-0.1, -0.05) is 50.1 Å². The Kier molecular flexibility index (Phi) is 6.91. The summed E-state index contributed by atoms with van der Waals surface area (Å²) < 4.78 is 1.92. The van der Waals surface area contributed by atoms with Gasteiger partial charge in [0.15, 0.2) is 12.9 Å². The number of nitrogens with zero attached hydrogens (tertiary/aromatic N) is 5. The van der Waals surface area contributed by atoms with Crippen LogP contribution in [0.3, 0.4) is 0 Å². The summed E-state index contributed by atoms with van der Waals surface area (Å²) in [6.07, 6.45) is 7.86. The highest BCUT2D eigenvalue weighted by molar-refractivity contribution is 6.54. The Labute approximate surface area is 202 Å². The summed E-state index contributed by atoms with van der Waals surface area (Å²) in [5.74, 6) is 1.99. The lowest BCUT2D eigenvalue weighted by Gasteiger charge is -2.33. The number of hydrogen-bond acceptors (Lipinski definition) is 5. The van der Waals surface area contributed by atoms with Crippen molar-refractivity contribution in [3.05, 3.63) is 83.9 Å². The van der Waals surface area contributed by atoms with E-state index < -0.39 is 0 Å². The zero-order valence-electron chi connectivity index (χ0n) is 20.1. The lowest BCUT2D eigenvalue weighted by Crippen LogP contribution is -2.35. The normalized spacial score (nSPS) is 15.9. The molecule has 1 atom stereocenters. The molecule has 1 radical (unpaired) electrons. The number of aromatic nitrogens is 4. The van der Waals surface area contributed by atoms with Crippen LogP contribution in [0.5, 0.6) is 0 Å². The van der Waals surface area contributed by atoms with Gasteiger partial charge < -0.3 is 10.2 Å². The van der Waals surface area contributed by atoms with Gasteiger partial charge in [0.25, 0.3) is 0 Å². The number of likely N-dealkylation sites (tertiary alicyclic amines) is 1. The van der Waals surface area contributed by atoms with Crippen LogP contribution in [0.15, 0.2) is 67.1 Å². The third-order valence-corrected chi connectivity index (χ3v) is 6.93. The van der Waals surface area contributed by atoms with Gasteiger partial charge >= 0.3 is 0 Å². The number of piperidine rings is 1. The van der Waals surface area contributed by atoms with Crippen LogP contribution < -0.4 is 10.8 Å². The molecule has 1 N–H and O–H groups in total. The minimum Gasteiger partial charge on any atom is -0.366 e. The van der Waals surface area contributed by atoms with Gasteiger partial charge in [-0.15, -0.1) is 0 Å². The molecule has 34 heavy (non-hydrogen) atoms. The van der Waals surface area contributed by atoms with Gasteiger partial charge in [-0.3, -0.25) is 4.98 Å². The summed E-state index contributed by atoms with van der Waals surface area (Å²) in [6, 6.07) is 17.1. The summed E-state index contributed by atoms with van der Waals surface area (Å²) in [7, 11) is 2.08. The van der Waals surface area contributed by atoms with E-state index >= 15 is 0 Å². The van der Waals surface area contributed by atoms with Crippen molar-refractivity contribution in [2.24, 2.45) is 0 Å². The highest BCUT2D eigenvalue weighted by Crippen LogP contribution is 2.30. The Morgan fingerprint density at radius 1 is 1.09 bits per heavy atom. The van der Waals surface area contributed by atoms with E-state index in [1.54, 1.807) is 6.20 Å². The summed E-state index contributed by atoms with van der Waals surface area (Å²) in [5, 5.41) is 8.17. The Hall–Kier alpha value is -3.19. The first-order valence-electron chi connectivity index (χ1n) is 12.3. The number of benzene rings is 1. The Balaban J connectivity index is 1.30. The number of hydrogen-bond donors (Lipinski definition) is 1. The molecule has 1 aliphatic heterocycles. The van der Waals surface area contributed by atoms with E-state index in [1.165, 1.54) is 11.3 Å². The first-order chi connectivity index (χ1) is 16.7. The number of anilines is 1. The molecule has 3 aromatic heterocycles. The maximum absolute atomic E-state index is 5.08. The summed E-state index contributed by atoms with van der Waals surface area (Å²) in [4.78, 5) is 11.9. The van der Waals surface area contributed by atoms with Gasteiger partial charge in [0.1, 0.15) is 5.82 Å². The number of pyridine rings is 1. The number of rotatable bonds is 8. The molecule has 1 fully saturated rings. The predicted molar refractivity (Wildman–Crippen MR) is 139 cm³/mol. The first kappa shape index (κ1) is 22.6. The molecule has 0 spiro atoms. The van der Waals surface area contributed by atoms with Crippen molar-refractivity contribution >= 4 is 24.2 Å². The molecule has 0 bridgehead atoms. The van der Waals surface area contributed by atoms with E-state index in [2.05, 4.69) is 77.0 Å². The molecule has 0 amide bonds. The van der Waals surface area contributed by atoms with Gasteiger partial charge in [-0.05, 0) is 54.5 Å². The zero-order valence-corrected chi connectivity index (χ0v) is 20.1. The molecule has 4 heterocycles. The SMILES string of the molecule is C[B]c1cnn2c(NCc3cccnc3)cc(C3CCN(CC(C)c4ccccc4)CC3)nc12. The van der Waals surface area contributed by atoms with E-state index in [1.807, 2.05) is 29.8 Å². The minimum absolute atomic E-state index is 0.465. The lowest BCUT2D eigenvalue weighted by atomic mass is 9.75. The van der Waals surface area contributed by atoms with E-state index in [-0.39, 0.29) is 0 Å². The maximum Gasteiger partial charge on any atom is 0.155 e. The van der Waals surface area contributed by atoms with Crippen molar-refractivity contribution in [2.45, 2.75) is 45.0 Å². The van der Waals surface area contributed by atoms with Crippen LogP contribution in [0.2, 0.25) is 6.82 Å².